The minimum absolute atomic E-state index is 0.0580. The molecule has 0 aromatic heterocycles. The molecule has 3 rings (SSSR count). The average molecular weight is 290 g/mol. The molecule has 1 unspecified atom stereocenters. The van der Waals surface area contributed by atoms with Crippen LogP contribution in [0.5, 0.6) is 0 Å². The topological polar surface area (TPSA) is 37.3 Å². The first-order valence-corrected chi connectivity index (χ1v) is 8.62. The number of aliphatic hydroxyl groups is 1. The molecule has 3 aliphatic carbocycles. The number of hydrogen-bond acceptors (Lipinski definition) is 2. The highest BCUT2D eigenvalue weighted by molar-refractivity contribution is 5.85. The smallest absolute Gasteiger partial charge is 0.137 e. The van der Waals surface area contributed by atoms with Gasteiger partial charge in [-0.1, -0.05) is 26.8 Å². The lowest BCUT2D eigenvalue weighted by Gasteiger charge is -2.57. The van der Waals surface area contributed by atoms with Crippen molar-refractivity contribution < 1.29 is 9.90 Å². The van der Waals surface area contributed by atoms with Crippen molar-refractivity contribution in [3.63, 3.8) is 0 Å². The third kappa shape index (κ3) is 1.98. The van der Waals surface area contributed by atoms with E-state index in [1.54, 1.807) is 0 Å². The number of hydrogen-bond donors (Lipinski definition) is 1. The van der Waals surface area contributed by atoms with Crippen LogP contribution in [0.3, 0.4) is 0 Å². The Bertz CT molecular complexity index is 470. The number of carbonyl (C=O) groups excluding carboxylic acids is 1. The SMILES string of the molecule is C=C[C@]1(C)CC[C@@]2(C)C3C(=O)CC[C@@]3(CC[C@H]2C)C[C@@H]1O. The number of ketones is 1. The number of rotatable bonds is 1. The van der Waals surface area contributed by atoms with Crippen LogP contribution in [0.4, 0.5) is 0 Å². The Kier molecular flexibility index (Phi) is 3.40. The summed E-state index contributed by atoms with van der Waals surface area (Å²) in [6.45, 7) is 10.8. The predicted molar refractivity (Wildman–Crippen MR) is 84.8 cm³/mol. The van der Waals surface area contributed by atoms with Crippen molar-refractivity contribution in [3.05, 3.63) is 12.7 Å². The third-order valence-corrected chi connectivity index (χ3v) is 7.69. The van der Waals surface area contributed by atoms with Crippen molar-refractivity contribution in [1.29, 1.82) is 0 Å². The van der Waals surface area contributed by atoms with Gasteiger partial charge in [0.2, 0.25) is 0 Å². The van der Waals surface area contributed by atoms with Gasteiger partial charge >= 0.3 is 0 Å². The summed E-state index contributed by atoms with van der Waals surface area (Å²) >= 11 is 0. The van der Waals surface area contributed by atoms with Crippen LogP contribution >= 0.6 is 0 Å². The van der Waals surface area contributed by atoms with E-state index in [1.165, 1.54) is 6.42 Å². The Balaban J connectivity index is 2.08. The van der Waals surface area contributed by atoms with Crippen molar-refractivity contribution in [1.82, 2.24) is 0 Å². The van der Waals surface area contributed by atoms with Crippen molar-refractivity contribution in [2.24, 2.45) is 28.1 Å². The fraction of sp³-hybridized carbons (Fsp3) is 0.842. The quantitative estimate of drug-likeness (QED) is 0.737. The van der Waals surface area contributed by atoms with Gasteiger partial charge in [0.15, 0.2) is 0 Å². The second kappa shape index (κ2) is 4.68. The maximum absolute atomic E-state index is 12.7. The second-order valence-electron chi connectivity index (χ2n) is 8.64. The van der Waals surface area contributed by atoms with Crippen LogP contribution in [-0.4, -0.2) is 17.0 Å². The van der Waals surface area contributed by atoms with Crippen molar-refractivity contribution in [3.8, 4) is 0 Å². The summed E-state index contributed by atoms with van der Waals surface area (Å²) in [5.41, 5.74) is -0.0411. The van der Waals surface area contributed by atoms with Gasteiger partial charge in [0, 0.05) is 17.8 Å². The predicted octanol–water partition coefficient (Wildman–Crippen LogP) is 4.13. The molecule has 0 saturated heterocycles. The lowest BCUT2D eigenvalue weighted by Crippen LogP contribution is -2.53. The van der Waals surface area contributed by atoms with Crippen LogP contribution in [-0.2, 0) is 4.79 Å². The Morgan fingerprint density at radius 1 is 1.24 bits per heavy atom. The first-order valence-electron chi connectivity index (χ1n) is 8.62. The Labute approximate surface area is 129 Å². The maximum Gasteiger partial charge on any atom is 0.137 e. The molecule has 6 atom stereocenters. The Morgan fingerprint density at radius 3 is 2.62 bits per heavy atom. The zero-order valence-electron chi connectivity index (χ0n) is 13.8. The minimum atomic E-state index is -0.360. The maximum atomic E-state index is 12.7. The van der Waals surface area contributed by atoms with Crippen LogP contribution in [0.15, 0.2) is 12.7 Å². The van der Waals surface area contributed by atoms with E-state index in [1.807, 2.05) is 6.08 Å². The normalized spacial score (nSPS) is 53.7. The highest BCUT2D eigenvalue weighted by Crippen LogP contribution is 2.65. The van der Waals surface area contributed by atoms with Gasteiger partial charge in [-0.3, -0.25) is 4.79 Å². The minimum Gasteiger partial charge on any atom is -0.392 e. The molecule has 0 spiro atoms. The van der Waals surface area contributed by atoms with Gasteiger partial charge in [-0.25, -0.2) is 0 Å². The van der Waals surface area contributed by atoms with Gasteiger partial charge < -0.3 is 5.11 Å². The molecular weight excluding hydrogens is 260 g/mol. The fourth-order valence-electron chi connectivity index (χ4n) is 5.73. The second-order valence-corrected chi connectivity index (χ2v) is 8.64. The van der Waals surface area contributed by atoms with Gasteiger partial charge in [-0.05, 0) is 55.3 Å². The number of Topliss-reactive ketones (excluding diaryl/α,β-unsaturated/α-hetero) is 1. The molecule has 3 aliphatic rings. The van der Waals surface area contributed by atoms with E-state index in [4.69, 9.17) is 0 Å². The molecule has 0 aromatic carbocycles. The van der Waals surface area contributed by atoms with Gasteiger partial charge in [0.05, 0.1) is 6.10 Å². The zero-order valence-corrected chi connectivity index (χ0v) is 13.8. The standard InChI is InChI=1S/C19H30O2/c1-5-17(3)10-11-18(4)13(2)6-8-19(12-15(17)21)9-7-14(20)16(18)19/h5,13,15-16,21H,1,6-12H2,2-4H3/t13-,15+,16?,17-,18-,19+/m1/s1. The van der Waals surface area contributed by atoms with E-state index in [9.17, 15) is 9.90 Å². The number of aliphatic hydroxyl groups excluding tert-OH is 1. The molecule has 118 valence electrons. The summed E-state index contributed by atoms with van der Waals surface area (Å²) in [6.07, 6.45) is 8.39. The Hall–Kier alpha value is -0.630. The summed E-state index contributed by atoms with van der Waals surface area (Å²) in [5.74, 6) is 1.25. The van der Waals surface area contributed by atoms with Crippen LogP contribution in [0, 0.1) is 28.1 Å². The van der Waals surface area contributed by atoms with Crippen molar-refractivity contribution in [2.45, 2.75) is 71.8 Å². The molecular formula is C19H30O2. The number of carbonyl (C=O) groups is 1. The van der Waals surface area contributed by atoms with Gasteiger partial charge in [-0.15, -0.1) is 6.58 Å². The highest BCUT2D eigenvalue weighted by Gasteiger charge is 2.62. The largest absolute Gasteiger partial charge is 0.392 e. The fourth-order valence-corrected chi connectivity index (χ4v) is 5.73. The Morgan fingerprint density at radius 2 is 1.95 bits per heavy atom. The summed E-state index contributed by atoms with van der Waals surface area (Å²) in [4.78, 5) is 12.7. The molecule has 2 heteroatoms. The monoisotopic (exact) mass is 290 g/mol. The van der Waals surface area contributed by atoms with Crippen LogP contribution in [0.2, 0.25) is 0 Å². The van der Waals surface area contributed by atoms with Crippen molar-refractivity contribution >= 4 is 5.78 Å². The first-order chi connectivity index (χ1) is 9.77. The van der Waals surface area contributed by atoms with Crippen LogP contribution in [0.1, 0.15) is 65.7 Å². The van der Waals surface area contributed by atoms with E-state index in [2.05, 4.69) is 27.4 Å². The van der Waals surface area contributed by atoms with E-state index in [0.29, 0.717) is 11.7 Å². The zero-order chi connectivity index (χ0) is 15.5. The van der Waals surface area contributed by atoms with Crippen LogP contribution < -0.4 is 0 Å². The molecule has 2 bridgehead atoms. The van der Waals surface area contributed by atoms with Gasteiger partial charge in [0.1, 0.15) is 5.78 Å². The lowest BCUT2D eigenvalue weighted by atomic mass is 9.47. The molecule has 0 aromatic rings. The third-order valence-electron chi connectivity index (χ3n) is 7.69. The summed E-state index contributed by atoms with van der Waals surface area (Å²) in [6, 6.07) is 0. The average Bonchev–Trinajstić information content (AvgIpc) is 2.78. The van der Waals surface area contributed by atoms with E-state index < -0.39 is 0 Å². The molecule has 0 amide bonds. The van der Waals surface area contributed by atoms with Crippen molar-refractivity contribution in [2.75, 3.05) is 0 Å². The van der Waals surface area contributed by atoms with Crippen LogP contribution in [0.25, 0.3) is 0 Å². The molecule has 0 radical (unpaired) electrons. The molecule has 0 heterocycles. The first kappa shape index (κ1) is 15.3. The van der Waals surface area contributed by atoms with E-state index in [0.717, 1.165) is 38.5 Å². The molecule has 3 fully saturated rings. The molecule has 2 nitrogen and oxygen atoms in total. The summed E-state index contributed by atoms with van der Waals surface area (Å²) < 4.78 is 0. The summed E-state index contributed by atoms with van der Waals surface area (Å²) in [7, 11) is 0. The molecule has 21 heavy (non-hydrogen) atoms. The lowest BCUT2D eigenvalue weighted by molar-refractivity contribution is -0.144. The van der Waals surface area contributed by atoms with Gasteiger partial charge in [0.25, 0.3) is 0 Å². The molecule has 3 saturated carbocycles. The van der Waals surface area contributed by atoms with E-state index >= 15 is 0 Å². The molecule has 0 aliphatic heterocycles. The summed E-state index contributed by atoms with van der Waals surface area (Å²) in [5, 5.41) is 10.8. The highest BCUT2D eigenvalue weighted by atomic mass is 16.3. The molecule has 1 N–H and O–H groups in total. The van der Waals surface area contributed by atoms with Gasteiger partial charge in [-0.2, -0.15) is 0 Å². The van der Waals surface area contributed by atoms with E-state index in [-0.39, 0.29) is 28.3 Å².